The second kappa shape index (κ2) is 6.44. The predicted molar refractivity (Wildman–Crippen MR) is 94.7 cm³/mol. The second-order valence-corrected chi connectivity index (χ2v) is 6.92. The quantitative estimate of drug-likeness (QED) is 0.530. The highest BCUT2D eigenvalue weighted by molar-refractivity contribution is 8.00. The minimum Gasteiger partial charge on any atom is -0.330 e. The van der Waals surface area contributed by atoms with Crippen molar-refractivity contribution in [2.24, 2.45) is 0 Å². The first-order chi connectivity index (χ1) is 10.7. The molecule has 22 heavy (non-hydrogen) atoms. The van der Waals surface area contributed by atoms with E-state index >= 15 is 0 Å². The molecule has 0 aliphatic heterocycles. The maximum Gasteiger partial charge on any atom is 0.197 e. The molecular formula is C16H11N3S3. The highest BCUT2D eigenvalue weighted by Crippen LogP contribution is 2.45. The van der Waals surface area contributed by atoms with Gasteiger partial charge in [0.15, 0.2) is 4.77 Å². The van der Waals surface area contributed by atoms with Crippen molar-refractivity contribution in [1.29, 1.82) is 5.26 Å². The lowest BCUT2D eigenvalue weighted by Crippen LogP contribution is -1.87. The van der Waals surface area contributed by atoms with Gasteiger partial charge in [0.2, 0.25) is 0 Å². The molecule has 0 spiro atoms. The molecule has 1 aromatic carbocycles. The summed E-state index contributed by atoms with van der Waals surface area (Å²) in [6.45, 7) is 0. The number of nitrogens with zero attached hydrogens (tertiary/aromatic N) is 2. The molecule has 1 N–H and O–H groups in total. The van der Waals surface area contributed by atoms with Gasteiger partial charge in [0, 0.05) is 11.8 Å². The summed E-state index contributed by atoms with van der Waals surface area (Å²) in [5.41, 5.74) is 3.59. The number of hydrogen-bond acceptors (Lipinski definition) is 5. The van der Waals surface area contributed by atoms with Crippen molar-refractivity contribution in [1.82, 2.24) is 9.97 Å². The lowest BCUT2D eigenvalue weighted by molar-refractivity contribution is 1.14. The predicted octanol–water partition coefficient (Wildman–Crippen LogP) is 5.13. The van der Waals surface area contributed by atoms with Gasteiger partial charge in [0.25, 0.3) is 0 Å². The van der Waals surface area contributed by atoms with E-state index in [2.05, 4.69) is 16.0 Å². The van der Waals surface area contributed by atoms with Gasteiger partial charge >= 0.3 is 0 Å². The van der Waals surface area contributed by atoms with Crippen LogP contribution in [-0.4, -0.2) is 16.2 Å². The smallest absolute Gasteiger partial charge is 0.197 e. The van der Waals surface area contributed by atoms with Crippen molar-refractivity contribution in [3.05, 3.63) is 52.9 Å². The van der Waals surface area contributed by atoms with Crippen LogP contribution in [0.5, 0.6) is 0 Å². The van der Waals surface area contributed by atoms with Crippen molar-refractivity contribution in [2.75, 3.05) is 6.26 Å². The van der Waals surface area contributed by atoms with Crippen molar-refractivity contribution in [2.45, 2.75) is 4.21 Å². The molecule has 6 heteroatoms. The van der Waals surface area contributed by atoms with E-state index in [0.29, 0.717) is 4.77 Å². The van der Waals surface area contributed by atoms with Gasteiger partial charge in [-0.2, -0.15) is 5.26 Å². The molecule has 0 radical (unpaired) electrons. The van der Waals surface area contributed by atoms with E-state index in [9.17, 15) is 5.26 Å². The molecule has 0 bridgehead atoms. The second-order valence-electron chi connectivity index (χ2n) is 4.44. The minimum atomic E-state index is 0.439. The van der Waals surface area contributed by atoms with Gasteiger partial charge in [0.05, 0.1) is 20.3 Å². The summed E-state index contributed by atoms with van der Waals surface area (Å²) in [6, 6.07) is 14.2. The zero-order valence-electron chi connectivity index (χ0n) is 11.7. The fourth-order valence-electron chi connectivity index (χ4n) is 2.23. The Morgan fingerprint density at radius 3 is 2.68 bits per heavy atom. The van der Waals surface area contributed by atoms with Crippen LogP contribution in [0.25, 0.3) is 21.7 Å². The first-order valence-corrected chi connectivity index (χ1v) is 8.91. The Bertz CT molecular complexity index is 904. The Morgan fingerprint density at radius 1 is 1.27 bits per heavy atom. The Balaban J connectivity index is 2.33. The van der Waals surface area contributed by atoms with Crippen molar-refractivity contribution in [3.63, 3.8) is 0 Å². The van der Waals surface area contributed by atoms with Gasteiger partial charge < -0.3 is 4.98 Å². The number of hydrogen-bond donors (Lipinski definition) is 1. The molecule has 0 unspecified atom stereocenters. The van der Waals surface area contributed by atoms with E-state index in [1.165, 1.54) is 0 Å². The first-order valence-electron chi connectivity index (χ1n) is 6.46. The highest BCUT2D eigenvalue weighted by atomic mass is 32.2. The fourth-order valence-corrected chi connectivity index (χ4v) is 4.32. The summed E-state index contributed by atoms with van der Waals surface area (Å²) >= 11 is 8.32. The van der Waals surface area contributed by atoms with Gasteiger partial charge in [-0.1, -0.05) is 30.3 Å². The van der Waals surface area contributed by atoms with Crippen LogP contribution in [0.15, 0.2) is 46.8 Å². The van der Waals surface area contributed by atoms with Gasteiger partial charge in [-0.15, -0.1) is 23.1 Å². The number of thiophene rings is 1. The average Bonchev–Trinajstić information content (AvgIpc) is 2.94. The SMILES string of the molecule is CSc1sc(-c2ccnc(=S)[nH]2)c(-c2ccccc2)c1C#N. The molecule has 3 aromatic rings. The van der Waals surface area contributed by atoms with E-state index < -0.39 is 0 Å². The number of aromatic nitrogens is 2. The highest BCUT2D eigenvalue weighted by Gasteiger charge is 2.20. The Kier molecular flexibility index (Phi) is 4.39. The largest absolute Gasteiger partial charge is 0.330 e. The Morgan fingerprint density at radius 2 is 2.05 bits per heavy atom. The first kappa shape index (κ1) is 15.0. The van der Waals surface area contributed by atoms with E-state index in [4.69, 9.17) is 12.2 Å². The number of thioether (sulfide) groups is 1. The monoisotopic (exact) mass is 341 g/mol. The molecule has 0 fully saturated rings. The molecule has 0 atom stereocenters. The maximum absolute atomic E-state index is 9.61. The van der Waals surface area contributed by atoms with Crippen LogP contribution in [-0.2, 0) is 0 Å². The standard InChI is InChI=1S/C16H11N3S3/c1-21-15-11(9-17)13(10-5-3-2-4-6-10)14(22-15)12-7-8-18-16(20)19-12/h2-8H,1H3,(H,18,19,20). The van der Waals surface area contributed by atoms with Crippen LogP contribution in [0.1, 0.15) is 5.56 Å². The van der Waals surface area contributed by atoms with Crippen LogP contribution in [0.4, 0.5) is 0 Å². The fraction of sp³-hybridized carbons (Fsp3) is 0.0625. The summed E-state index contributed by atoms with van der Waals surface area (Å²) in [5, 5.41) is 9.61. The molecule has 0 aliphatic carbocycles. The Hall–Kier alpha value is -1.94. The molecule has 0 amide bonds. The van der Waals surface area contributed by atoms with Gasteiger partial charge in [0.1, 0.15) is 6.07 Å². The summed E-state index contributed by atoms with van der Waals surface area (Å²) in [4.78, 5) is 8.16. The number of rotatable bonds is 3. The zero-order chi connectivity index (χ0) is 15.5. The maximum atomic E-state index is 9.61. The molecule has 3 rings (SSSR count). The van der Waals surface area contributed by atoms with Crippen LogP contribution in [0.3, 0.4) is 0 Å². The normalized spacial score (nSPS) is 10.4. The molecule has 2 aromatic heterocycles. The molecule has 0 aliphatic rings. The molecule has 0 saturated carbocycles. The van der Waals surface area contributed by atoms with E-state index in [0.717, 1.165) is 31.5 Å². The van der Waals surface area contributed by atoms with Crippen molar-refractivity contribution < 1.29 is 0 Å². The van der Waals surface area contributed by atoms with E-state index in [-0.39, 0.29) is 0 Å². The number of nitrogens with one attached hydrogen (secondary N) is 1. The third kappa shape index (κ3) is 2.71. The lowest BCUT2D eigenvalue weighted by atomic mass is 10.0. The van der Waals surface area contributed by atoms with Crippen LogP contribution < -0.4 is 0 Å². The van der Waals surface area contributed by atoms with E-state index in [1.807, 2.05) is 42.7 Å². The zero-order valence-corrected chi connectivity index (χ0v) is 14.1. The van der Waals surface area contributed by atoms with Crippen LogP contribution in [0, 0.1) is 16.1 Å². The van der Waals surface area contributed by atoms with Crippen LogP contribution in [0.2, 0.25) is 0 Å². The third-order valence-corrected chi connectivity index (χ3v) is 5.70. The summed E-state index contributed by atoms with van der Waals surface area (Å²) in [7, 11) is 0. The van der Waals surface area contributed by atoms with Gasteiger partial charge in [-0.3, -0.25) is 0 Å². The number of nitriles is 1. The topological polar surface area (TPSA) is 52.5 Å². The average molecular weight is 341 g/mol. The Labute approximate surface area is 141 Å². The number of H-pyrrole nitrogens is 1. The third-order valence-electron chi connectivity index (χ3n) is 3.15. The summed E-state index contributed by atoms with van der Waals surface area (Å²) in [6.07, 6.45) is 3.67. The molecule has 0 saturated heterocycles. The van der Waals surface area contributed by atoms with Crippen molar-refractivity contribution >= 4 is 35.3 Å². The van der Waals surface area contributed by atoms with E-state index in [1.54, 1.807) is 29.3 Å². The molecule has 3 nitrogen and oxygen atoms in total. The number of benzene rings is 1. The molecule has 2 heterocycles. The van der Waals surface area contributed by atoms with Gasteiger partial charge in [-0.05, 0) is 30.1 Å². The van der Waals surface area contributed by atoms with Crippen LogP contribution >= 0.6 is 35.3 Å². The minimum absolute atomic E-state index is 0.439. The molecular weight excluding hydrogens is 330 g/mol. The van der Waals surface area contributed by atoms with Gasteiger partial charge in [-0.25, -0.2) is 4.98 Å². The summed E-state index contributed by atoms with van der Waals surface area (Å²) < 4.78 is 1.45. The lowest BCUT2D eigenvalue weighted by Gasteiger charge is -2.05. The molecule has 108 valence electrons. The number of aromatic amines is 1. The summed E-state index contributed by atoms with van der Waals surface area (Å²) in [5.74, 6) is 0. The van der Waals surface area contributed by atoms with Crippen molar-refractivity contribution in [3.8, 4) is 27.8 Å².